The lowest BCUT2D eigenvalue weighted by Crippen LogP contribution is -2.32. The molecule has 5 aromatic rings. The van der Waals surface area contributed by atoms with Crippen molar-refractivity contribution in [3.05, 3.63) is 94.9 Å². The minimum Gasteiger partial charge on any atom is -0.497 e. The van der Waals surface area contributed by atoms with E-state index in [4.69, 9.17) is 21.3 Å². The summed E-state index contributed by atoms with van der Waals surface area (Å²) in [6, 6.07) is 20.8. The number of nitrogens with zero attached hydrogens (tertiary/aromatic N) is 2. The first-order valence-corrected chi connectivity index (χ1v) is 12.6. The number of ether oxygens (including phenoxy) is 1. The van der Waals surface area contributed by atoms with Crippen molar-refractivity contribution in [1.29, 1.82) is 0 Å². The molecule has 0 aliphatic rings. The second-order valence-corrected chi connectivity index (χ2v) is 9.36. The van der Waals surface area contributed by atoms with Gasteiger partial charge in [-0.05, 0) is 60.5 Å². The predicted molar refractivity (Wildman–Crippen MR) is 145 cm³/mol. The molecule has 2 aromatic heterocycles. The Labute approximate surface area is 215 Å². The monoisotopic (exact) mass is 500 g/mol. The van der Waals surface area contributed by atoms with Crippen LogP contribution in [0.15, 0.2) is 72.9 Å². The largest absolute Gasteiger partial charge is 0.497 e. The van der Waals surface area contributed by atoms with Crippen molar-refractivity contribution in [3.63, 3.8) is 0 Å². The molecule has 0 spiro atoms. The minimum absolute atomic E-state index is 0.158. The molecule has 2 heterocycles. The number of benzene rings is 3. The number of H-pyrrole nitrogens is 1. The molecule has 5 rings (SSSR count). The number of hydrogen-bond acceptors (Lipinski definition) is 3. The molecule has 0 bridgehead atoms. The maximum absolute atomic E-state index is 13.4. The predicted octanol–water partition coefficient (Wildman–Crippen LogP) is 6.69. The Kier molecular flexibility index (Phi) is 6.96. The van der Waals surface area contributed by atoms with E-state index < -0.39 is 0 Å². The summed E-state index contributed by atoms with van der Waals surface area (Å²) in [4.78, 5) is 21.7. The molecule has 7 heteroatoms. The Bertz CT molecular complexity index is 1500. The van der Waals surface area contributed by atoms with Crippen LogP contribution in [0.1, 0.15) is 47.6 Å². The molecule has 0 aliphatic heterocycles. The van der Waals surface area contributed by atoms with Crippen molar-refractivity contribution in [2.24, 2.45) is 0 Å². The first-order chi connectivity index (χ1) is 17.6. The highest BCUT2D eigenvalue weighted by Crippen LogP contribution is 2.29. The van der Waals surface area contributed by atoms with Crippen LogP contribution in [0.3, 0.4) is 0 Å². The molecule has 3 aromatic carbocycles. The summed E-state index contributed by atoms with van der Waals surface area (Å²) < 4.78 is 7.47. The molecular weight excluding hydrogens is 472 g/mol. The van der Waals surface area contributed by atoms with Crippen molar-refractivity contribution in [1.82, 2.24) is 19.9 Å². The number of methoxy groups -OCH3 is 1. The summed E-state index contributed by atoms with van der Waals surface area (Å²) in [6.07, 6.45) is 4.67. The molecule has 0 radical (unpaired) electrons. The number of para-hydroxylation sites is 1. The Morgan fingerprint density at radius 3 is 2.72 bits per heavy atom. The summed E-state index contributed by atoms with van der Waals surface area (Å²) in [7, 11) is 1.61. The topological polar surface area (TPSA) is 71.9 Å². The first kappa shape index (κ1) is 23.9. The lowest BCUT2D eigenvalue weighted by atomic mass is 10.0. The Hall–Kier alpha value is -3.77. The molecule has 0 aliphatic carbocycles. The van der Waals surface area contributed by atoms with E-state index in [0.717, 1.165) is 52.7 Å². The fraction of sp³-hybridized carbons (Fsp3) is 0.241. The molecule has 6 nitrogen and oxygen atoms in total. The molecule has 2 N–H and O–H groups in total. The highest BCUT2D eigenvalue weighted by molar-refractivity contribution is 6.31. The fourth-order valence-corrected chi connectivity index (χ4v) is 4.82. The van der Waals surface area contributed by atoms with E-state index in [2.05, 4.69) is 33.9 Å². The molecule has 1 atom stereocenters. The third kappa shape index (κ3) is 4.82. The van der Waals surface area contributed by atoms with E-state index in [1.54, 1.807) is 31.4 Å². The summed E-state index contributed by atoms with van der Waals surface area (Å²) in [5.74, 6) is 1.38. The number of carbonyl (C=O) groups excluding carboxylic acids is 1. The molecule has 1 amide bonds. The molecule has 184 valence electrons. The maximum atomic E-state index is 13.4. The molecular formula is C29H29ClN4O2. The summed E-state index contributed by atoms with van der Waals surface area (Å²) in [5.41, 5.74) is 4.61. The SMILES string of the molecule is CCCCn1c(C(Cc2c[nH]c3ccccc23)NC(=O)c2ccc(OC)cc2)nc2cc(Cl)ccc21. The van der Waals surface area contributed by atoms with Crippen LogP contribution < -0.4 is 10.1 Å². The molecule has 0 saturated heterocycles. The number of amides is 1. The lowest BCUT2D eigenvalue weighted by molar-refractivity contribution is 0.0934. The molecule has 1 unspecified atom stereocenters. The molecule has 0 saturated carbocycles. The second-order valence-electron chi connectivity index (χ2n) is 8.93. The third-order valence-corrected chi connectivity index (χ3v) is 6.78. The minimum atomic E-state index is -0.346. The van der Waals surface area contributed by atoms with Gasteiger partial charge in [0.2, 0.25) is 0 Å². The maximum Gasteiger partial charge on any atom is 0.251 e. The number of carbonyl (C=O) groups is 1. The number of aromatic amines is 1. The van der Waals surface area contributed by atoms with Crippen LogP contribution in [0.25, 0.3) is 21.9 Å². The van der Waals surface area contributed by atoms with Crippen LogP contribution in [0.5, 0.6) is 5.75 Å². The smallest absolute Gasteiger partial charge is 0.251 e. The Balaban J connectivity index is 1.57. The highest BCUT2D eigenvalue weighted by Gasteiger charge is 2.24. The number of rotatable bonds is 9. The summed E-state index contributed by atoms with van der Waals surface area (Å²) in [5, 5.41) is 5.06. The zero-order chi connectivity index (χ0) is 25.1. The van der Waals surface area contributed by atoms with Gasteiger partial charge >= 0.3 is 0 Å². The van der Waals surface area contributed by atoms with Crippen LogP contribution in [-0.2, 0) is 13.0 Å². The van der Waals surface area contributed by atoms with E-state index in [0.29, 0.717) is 22.8 Å². The van der Waals surface area contributed by atoms with Crippen molar-refractivity contribution in [2.75, 3.05) is 7.11 Å². The average Bonchev–Trinajstić information content (AvgIpc) is 3.47. The van der Waals surface area contributed by atoms with Gasteiger partial charge < -0.3 is 19.6 Å². The van der Waals surface area contributed by atoms with Crippen molar-refractivity contribution >= 4 is 39.4 Å². The van der Waals surface area contributed by atoms with Gasteiger partial charge in [-0.15, -0.1) is 0 Å². The Morgan fingerprint density at radius 1 is 1.14 bits per heavy atom. The van der Waals surface area contributed by atoms with E-state index >= 15 is 0 Å². The number of hydrogen-bond donors (Lipinski definition) is 2. The number of aromatic nitrogens is 3. The first-order valence-electron chi connectivity index (χ1n) is 12.2. The van der Waals surface area contributed by atoms with Gasteiger partial charge in [-0.1, -0.05) is 43.1 Å². The second kappa shape index (κ2) is 10.5. The van der Waals surface area contributed by atoms with Crippen molar-refractivity contribution in [3.8, 4) is 5.75 Å². The van der Waals surface area contributed by atoms with E-state index in [9.17, 15) is 4.79 Å². The number of aryl methyl sites for hydroxylation is 1. The lowest BCUT2D eigenvalue weighted by Gasteiger charge is -2.20. The quantitative estimate of drug-likeness (QED) is 0.237. The molecule has 36 heavy (non-hydrogen) atoms. The highest BCUT2D eigenvalue weighted by atomic mass is 35.5. The van der Waals surface area contributed by atoms with Gasteiger partial charge in [0, 0.05) is 40.7 Å². The zero-order valence-electron chi connectivity index (χ0n) is 20.4. The van der Waals surface area contributed by atoms with Crippen LogP contribution in [0, 0.1) is 0 Å². The van der Waals surface area contributed by atoms with Crippen LogP contribution >= 0.6 is 11.6 Å². The van der Waals surface area contributed by atoms with Gasteiger partial charge in [0.15, 0.2) is 0 Å². The van der Waals surface area contributed by atoms with E-state index in [-0.39, 0.29) is 11.9 Å². The number of halogens is 1. The summed E-state index contributed by atoms with van der Waals surface area (Å²) >= 11 is 6.30. The van der Waals surface area contributed by atoms with E-state index in [1.165, 1.54) is 0 Å². The van der Waals surface area contributed by atoms with Gasteiger partial charge in [-0.25, -0.2) is 4.98 Å². The van der Waals surface area contributed by atoms with Crippen molar-refractivity contribution < 1.29 is 9.53 Å². The number of imidazole rings is 1. The number of nitrogens with one attached hydrogen (secondary N) is 2. The zero-order valence-corrected chi connectivity index (χ0v) is 21.2. The van der Waals surface area contributed by atoms with E-state index in [1.807, 2.05) is 36.5 Å². The van der Waals surface area contributed by atoms with Gasteiger partial charge in [0.1, 0.15) is 11.6 Å². The number of fused-ring (bicyclic) bond motifs is 2. The van der Waals surface area contributed by atoms with Gasteiger partial charge in [-0.2, -0.15) is 0 Å². The third-order valence-electron chi connectivity index (χ3n) is 6.54. The average molecular weight is 501 g/mol. The summed E-state index contributed by atoms with van der Waals surface area (Å²) in [6.45, 7) is 2.98. The standard InChI is InChI=1S/C29H29ClN4O2/c1-3-4-15-34-27-14-11-21(30)17-25(27)32-28(34)26(16-20-18-31-24-8-6-5-7-23(20)24)33-29(35)19-9-12-22(36-2)13-10-19/h5-14,17-18,26,31H,3-4,15-16H2,1-2H3,(H,33,35). The van der Waals surface area contributed by atoms with Crippen LogP contribution in [0.2, 0.25) is 5.02 Å². The molecule has 0 fully saturated rings. The van der Waals surface area contributed by atoms with Gasteiger partial charge in [0.25, 0.3) is 5.91 Å². The fourth-order valence-electron chi connectivity index (χ4n) is 4.65. The normalized spacial score (nSPS) is 12.2. The van der Waals surface area contributed by atoms with Crippen LogP contribution in [0.4, 0.5) is 0 Å². The Morgan fingerprint density at radius 2 is 1.94 bits per heavy atom. The van der Waals surface area contributed by atoms with Crippen molar-refractivity contribution in [2.45, 2.75) is 38.8 Å². The van der Waals surface area contributed by atoms with Gasteiger partial charge in [0.05, 0.1) is 24.2 Å². The van der Waals surface area contributed by atoms with Crippen LogP contribution in [-0.4, -0.2) is 27.6 Å². The number of unbranched alkanes of at least 4 members (excludes halogenated alkanes) is 1. The van der Waals surface area contributed by atoms with Gasteiger partial charge in [-0.3, -0.25) is 4.79 Å².